The highest BCUT2D eigenvalue weighted by Gasteiger charge is 2.25. The Morgan fingerprint density at radius 1 is 0.906 bits per heavy atom. The highest BCUT2D eigenvalue weighted by atomic mass is 16.6. The van der Waals surface area contributed by atoms with Crippen molar-refractivity contribution in [3.05, 3.63) is 89.3 Å². The molecule has 2 heterocycles. The van der Waals surface area contributed by atoms with Crippen molar-refractivity contribution >= 4 is 16.9 Å². The SMILES string of the molecule is O=C(Oc1ccc2c(=O)c(Oc3ccc(-c4ccccc4)cc3)coc2c1)C1CCCO1. The van der Waals surface area contributed by atoms with Gasteiger partial charge in [0.25, 0.3) is 0 Å². The summed E-state index contributed by atoms with van der Waals surface area (Å²) in [5, 5.41) is 0.334. The van der Waals surface area contributed by atoms with Crippen LogP contribution < -0.4 is 14.9 Å². The summed E-state index contributed by atoms with van der Waals surface area (Å²) in [6, 6.07) is 22.1. The summed E-state index contributed by atoms with van der Waals surface area (Å²) in [5.41, 5.74) is 2.14. The zero-order chi connectivity index (χ0) is 21.9. The van der Waals surface area contributed by atoms with Crippen LogP contribution in [-0.2, 0) is 9.53 Å². The first-order valence-electron chi connectivity index (χ1n) is 10.4. The summed E-state index contributed by atoms with van der Waals surface area (Å²) >= 11 is 0. The largest absolute Gasteiger partial charge is 0.460 e. The van der Waals surface area contributed by atoms with Gasteiger partial charge in [0, 0.05) is 12.7 Å². The Morgan fingerprint density at radius 3 is 2.41 bits per heavy atom. The molecule has 32 heavy (non-hydrogen) atoms. The van der Waals surface area contributed by atoms with Crippen LogP contribution in [0.25, 0.3) is 22.1 Å². The molecule has 1 unspecified atom stereocenters. The second-order valence-electron chi connectivity index (χ2n) is 7.50. The lowest BCUT2D eigenvalue weighted by atomic mass is 10.1. The van der Waals surface area contributed by atoms with E-state index in [2.05, 4.69) is 0 Å². The lowest BCUT2D eigenvalue weighted by Crippen LogP contribution is -2.24. The fraction of sp³-hybridized carbons (Fsp3) is 0.154. The predicted molar refractivity (Wildman–Crippen MR) is 119 cm³/mol. The third-order valence-electron chi connectivity index (χ3n) is 5.31. The smallest absolute Gasteiger partial charge is 0.340 e. The van der Waals surface area contributed by atoms with Crippen LogP contribution in [0.3, 0.4) is 0 Å². The van der Waals surface area contributed by atoms with E-state index in [9.17, 15) is 9.59 Å². The van der Waals surface area contributed by atoms with Crippen LogP contribution in [0.15, 0.2) is 88.3 Å². The maximum absolute atomic E-state index is 12.9. The van der Waals surface area contributed by atoms with Gasteiger partial charge in [-0.15, -0.1) is 0 Å². The minimum atomic E-state index is -0.540. The zero-order valence-corrected chi connectivity index (χ0v) is 17.2. The summed E-state index contributed by atoms with van der Waals surface area (Å²) < 4.78 is 22.0. The van der Waals surface area contributed by atoms with E-state index in [1.165, 1.54) is 12.3 Å². The number of rotatable bonds is 5. The lowest BCUT2D eigenvalue weighted by molar-refractivity contribution is -0.144. The monoisotopic (exact) mass is 428 g/mol. The molecular formula is C26H20O6. The van der Waals surface area contributed by atoms with Crippen molar-refractivity contribution < 1.29 is 23.4 Å². The van der Waals surface area contributed by atoms with Crippen LogP contribution in [0.5, 0.6) is 17.2 Å². The van der Waals surface area contributed by atoms with Crippen molar-refractivity contribution in [1.82, 2.24) is 0 Å². The molecule has 0 amide bonds. The molecule has 1 aliphatic heterocycles. The van der Waals surface area contributed by atoms with Crippen molar-refractivity contribution in [3.63, 3.8) is 0 Å². The highest BCUT2D eigenvalue weighted by Crippen LogP contribution is 2.27. The van der Waals surface area contributed by atoms with E-state index in [0.717, 1.165) is 17.5 Å². The first-order chi connectivity index (χ1) is 15.7. The van der Waals surface area contributed by atoms with Gasteiger partial charge in [-0.2, -0.15) is 0 Å². The van der Waals surface area contributed by atoms with Crippen molar-refractivity contribution in [3.8, 4) is 28.4 Å². The van der Waals surface area contributed by atoms with Crippen molar-refractivity contribution in [2.24, 2.45) is 0 Å². The van der Waals surface area contributed by atoms with E-state index in [-0.39, 0.29) is 11.2 Å². The molecular weight excluding hydrogens is 408 g/mol. The number of esters is 1. The van der Waals surface area contributed by atoms with Crippen LogP contribution in [0.2, 0.25) is 0 Å². The normalized spacial score (nSPS) is 15.6. The van der Waals surface area contributed by atoms with Crippen molar-refractivity contribution in [2.75, 3.05) is 6.61 Å². The second kappa shape index (κ2) is 8.69. The second-order valence-corrected chi connectivity index (χ2v) is 7.50. The molecule has 5 rings (SSSR count). The molecule has 160 valence electrons. The molecule has 0 radical (unpaired) electrons. The Bertz CT molecular complexity index is 1300. The van der Waals surface area contributed by atoms with E-state index >= 15 is 0 Å². The van der Waals surface area contributed by atoms with Gasteiger partial charge in [-0.3, -0.25) is 4.79 Å². The number of fused-ring (bicyclic) bond motifs is 1. The molecule has 1 aromatic heterocycles. The number of carbonyl (C=O) groups excluding carboxylic acids is 1. The summed E-state index contributed by atoms with van der Waals surface area (Å²) in [6.07, 6.45) is 2.21. The molecule has 1 atom stereocenters. The van der Waals surface area contributed by atoms with Gasteiger partial charge in [0.05, 0.1) is 5.39 Å². The minimum Gasteiger partial charge on any atom is -0.460 e. The van der Waals surface area contributed by atoms with Gasteiger partial charge >= 0.3 is 5.97 Å². The predicted octanol–water partition coefficient (Wildman–Crippen LogP) is 5.34. The molecule has 6 heteroatoms. The Morgan fingerprint density at radius 2 is 1.66 bits per heavy atom. The summed E-state index contributed by atoms with van der Waals surface area (Å²) in [4.78, 5) is 25.0. The van der Waals surface area contributed by atoms with Crippen LogP contribution in [0, 0.1) is 0 Å². The number of hydrogen-bond acceptors (Lipinski definition) is 6. The molecule has 1 saturated heterocycles. The van der Waals surface area contributed by atoms with Gasteiger partial charge < -0.3 is 18.6 Å². The first kappa shape index (κ1) is 20.0. The molecule has 1 aliphatic rings. The third-order valence-corrected chi connectivity index (χ3v) is 5.31. The molecule has 0 spiro atoms. The third kappa shape index (κ3) is 4.13. The Balaban J connectivity index is 1.34. The molecule has 3 aromatic carbocycles. The quantitative estimate of drug-likeness (QED) is 0.316. The number of ether oxygens (including phenoxy) is 3. The minimum absolute atomic E-state index is 0.0778. The van der Waals surface area contributed by atoms with E-state index in [1.54, 1.807) is 24.3 Å². The van der Waals surface area contributed by atoms with E-state index in [1.807, 2.05) is 42.5 Å². The summed E-state index contributed by atoms with van der Waals surface area (Å²) in [6.45, 7) is 0.560. The van der Waals surface area contributed by atoms with Crippen molar-refractivity contribution in [1.29, 1.82) is 0 Å². The fourth-order valence-corrected chi connectivity index (χ4v) is 3.64. The van der Waals surface area contributed by atoms with Gasteiger partial charge in [-0.25, -0.2) is 4.79 Å². The Hall–Kier alpha value is -3.90. The van der Waals surface area contributed by atoms with E-state index in [0.29, 0.717) is 35.5 Å². The number of hydrogen-bond donors (Lipinski definition) is 0. The molecule has 0 aliphatic carbocycles. The zero-order valence-electron chi connectivity index (χ0n) is 17.2. The van der Waals surface area contributed by atoms with E-state index < -0.39 is 12.1 Å². The lowest BCUT2D eigenvalue weighted by Gasteiger charge is -2.10. The summed E-state index contributed by atoms with van der Waals surface area (Å²) in [5.74, 6) is 0.460. The van der Waals surface area contributed by atoms with Crippen LogP contribution in [-0.4, -0.2) is 18.7 Å². The van der Waals surface area contributed by atoms with Gasteiger partial charge in [0.15, 0.2) is 6.10 Å². The maximum atomic E-state index is 12.9. The average molecular weight is 428 g/mol. The van der Waals surface area contributed by atoms with E-state index in [4.69, 9.17) is 18.6 Å². The number of benzene rings is 3. The Labute approximate surface area is 184 Å². The van der Waals surface area contributed by atoms with Gasteiger partial charge in [-0.1, -0.05) is 42.5 Å². The van der Waals surface area contributed by atoms with Crippen LogP contribution in [0.1, 0.15) is 12.8 Å². The Kier molecular flexibility index (Phi) is 5.44. The maximum Gasteiger partial charge on any atom is 0.340 e. The highest BCUT2D eigenvalue weighted by molar-refractivity contribution is 5.82. The van der Waals surface area contributed by atoms with Crippen molar-refractivity contribution in [2.45, 2.75) is 18.9 Å². The molecule has 0 bridgehead atoms. The topological polar surface area (TPSA) is 75.0 Å². The first-order valence-corrected chi connectivity index (χ1v) is 10.4. The molecule has 6 nitrogen and oxygen atoms in total. The number of carbonyl (C=O) groups is 1. The van der Waals surface area contributed by atoms with Gasteiger partial charge in [0.1, 0.15) is 23.3 Å². The van der Waals surface area contributed by atoms with Crippen LogP contribution in [0.4, 0.5) is 0 Å². The molecule has 0 N–H and O–H groups in total. The summed E-state index contributed by atoms with van der Waals surface area (Å²) in [7, 11) is 0. The molecule has 0 saturated carbocycles. The molecule has 1 fully saturated rings. The molecule has 4 aromatic rings. The fourth-order valence-electron chi connectivity index (χ4n) is 3.64. The van der Waals surface area contributed by atoms with Gasteiger partial charge in [-0.05, 0) is 48.2 Å². The van der Waals surface area contributed by atoms with Gasteiger partial charge in [0.2, 0.25) is 11.2 Å². The standard InChI is InChI=1S/C26H20O6/c27-25-21-13-12-20(32-26(28)22-7-4-14-29-22)15-23(21)30-16-24(25)31-19-10-8-18(9-11-19)17-5-2-1-3-6-17/h1-3,5-6,8-13,15-16,22H,4,7,14H2. The average Bonchev–Trinajstić information content (AvgIpc) is 3.37. The van der Waals surface area contributed by atoms with Crippen LogP contribution >= 0.6 is 0 Å².